The second kappa shape index (κ2) is 6.27. The molecule has 2 aromatic carbocycles. The van der Waals surface area contributed by atoms with E-state index in [-0.39, 0.29) is 17.2 Å². The molecular weight excluding hydrogens is 324 g/mol. The largest absolute Gasteiger partial charge is 0.352 e. The molecule has 1 saturated carbocycles. The summed E-state index contributed by atoms with van der Waals surface area (Å²) in [6.07, 6.45) is 4.11. The lowest BCUT2D eigenvalue weighted by molar-refractivity contribution is -0.120. The average molecular weight is 348 g/mol. The molecule has 4 heteroatoms. The van der Waals surface area contributed by atoms with Crippen LogP contribution in [0, 0.1) is 6.92 Å². The quantitative estimate of drug-likeness (QED) is 0.874. The maximum Gasteiger partial charge on any atom is 0.251 e. The fourth-order valence-electron chi connectivity index (χ4n) is 4.41. The average Bonchev–Trinajstić information content (AvgIpc) is 3.22. The minimum Gasteiger partial charge on any atom is -0.352 e. The molecule has 1 aliphatic heterocycles. The van der Waals surface area contributed by atoms with Crippen LogP contribution in [0.5, 0.6) is 0 Å². The predicted octanol–water partition coefficient (Wildman–Crippen LogP) is 4.18. The number of hydrogen-bond acceptors (Lipinski definition) is 2. The van der Waals surface area contributed by atoms with Gasteiger partial charge in [-0.3, -0.25) is 9.59 Å². The monoisotopic (exact) mass is 348 g/mol. The topological polar surface area (TPSA) is 58.2 Å². The van der Waals surface area contributed by atoms with Crippen molar-refractivity contribution >= 4 is 17.5 Å². The van der Waals surface area contributed by atoms with Crippen molar-refractivity contribution in [3.8, 4) is 11.1 Å². The van der Waals surface area contributed by atoms with Crippen LogP contribution < -0.4 is 10.6 Å². The van der Waals surface area contributed by atoms with Crippen LogP contribution in [0.1, 0.15) is 54.1 Å². The number of fused-ring (bicyclic) bond motifs is 2. The van der Waals surface area contributed by atoms with Gasteiger partial charge in [0.1, 0.15) is 0 Å². The molecule has 26 heavy (non-hydrogen) atoms. The van der Waals surface area contributed by atoms with Gasteiger partial charge >= 0.3 is 0 Å². The van der Waals surface area contributed by atoms with Gasteiger partial charge in [0.05, 0.1) is 5.41 Å². The molecule has 4 rings (SSSR count). The molecule has 2 aliphatic rings. The first-order valence-corrected chi connectivity index (χ1v) is 9.40. The normalized spacial score (nSPS) is 17.2. The maximum absolute atomic E-state index is 12.6. The highest BCUT2D eigenvalue weighted by Crippen LogP contribution is 2.49. The SMILES string of the molecule is CCNC(=O)c1ccc(C)c(-c2ccc3c(c2)NC(=O)C32CCCC2)c1. The number of aryl methyl sites for hydroxylation is 1. The van der Waals surface area contributed by atoms with E-state index in [0.29, 0.717) is 12.1 Å². The minimum atomic E-state index is -0.314. The molecule has 2 amide bonds. The molecule has 134 valence electrons. The van der Waals surface area contributed by atoms with Crippen LogP contribution in [0.3, 0.4) is 0 Å². The van der Waals surface area contributed by atoms with Crippen LogP contribution in [0.2, 0.25) is 0 Å². The highest BCUT2D eigenvalue weighted by Gasteiger charge is 2.48. The Bertz CT molecular complexity index is 895. The number of nitrogens with one attached hydrogen (secondary N) is 2. The molecule has 1 fully saturated rings. The number of carbonyl (C=O) groups is 2. The summed E-state index contributed by atoms with van der Waals surface area (Å²) >= 11 is 0. The van der Waals surface area contributed by atoms with Gasteiger partial charge in [-0.05, 0) is 67.1 Å². The van der Waals surface area contributed by atoms with Crippen molar-refractivity contribution < 1.29 is 9.59 Å². The highest BCUT2D eigenvalue weighted by atomic mass is 16.2. The van der Waals surface area contributed by atoms with Gasteiger partial charge in [0.2, 0.25) is 5.91 Å². The Morgan fingerprint density at radius 1 is 1.15 bits per heavy atom. The van der Waals surface area contributed by atoms with Crippen molar-refractivity contribution in [1.29, 1.82) is 0 Å². The van der Waals surface area contributed by atoms with E-state index in [1.54, 1.807) is 0 Å². The van der Waals surface area contributed by atoms with Gasteiger partial charge in [0, 0.05) is 17.8 Å². The van der Waals surface area contributed by atoms with Gasteiger partial charge in [-0.1, -0.05) is 31.0 Å². The Balaban J connectivity index is 1.75. The Morgan fingerprint density at radius 3 is 2.65 bits per heavy atom. The summed E-state index contributed by atoms with van der Waals surface area (Å²) in [4.78, 5) is 24.8. The van der Waals surface area contributed by atoms with Gasteiger partial charge in [0.15, 0.2) is 0 Å². The van der Waals surface area contributed by atoms with Gasteiger partial charge in [0.25, 0.3) is 5.91 Å². The molecule has 0 saturated heterocycles. The molecule has 0 atom stereocenters. The number of carbonyl (C=O) groups excluding carboxylic acids is 2. The summed E-state index contributed by atoms with van der Waals surface area (Å²) in [5.74, 6) is 0.0862. The Hall–Kier alpha value is -2.62. The van der Waals surface area contributed by atoms with E-state index in [4.69, 9.17) is 0 Å². The Morgan fingerprint density at radius 2 is 1.92 bits per heavy atom. The molecule has 2 N–H and O–H groups in total. The molecule has 2 aromatic rings. The van der Waals surface area contributed by atoms with Crippen molar-refractivity contribution in [1.82, 2.24) is 5.32 Å². The van der Waals surface area contributed by atoms with E-state index >= 15 is 0 Å². The first-order chi connectivity index (χ1) is 12.5. The number of rotatable bonds is 3. The molecule has 0 aromatic heterocycles. The van der Waals surface area contributed by atoms with Crippen LogP contribution in [0.15, 0.2) is 36.4 Å². The molecule has 4 nitrogen and oxygen atoms in total. The third-order valence-electron chi connectivity index (χ3n) is 5.82. The predicted molar refractivity (Wildman–Crippen MR) is 103 cm³/mol. The van der Waals surface area contributed by atoms with Gasteiger partial charge in [-0.25, -0.2) is 0 Å². The van der Waals surface area contributed by atoms with Crippen LogP contribution in [0.4, 0.5) is 5.69 Å². The van der Waals surface area contributed by atoms with Crippen LogP contribution >= 0.6 is 0 Å². The lowest BCUT2D eigenvalue weighted by atomic mass is 9.79. The summed E-state index contributed by atoms with van der Waals surface area (Å²) in [6.45, 7) is 4.56. The van der Waals surface area contributed by atoms with E-state index < -0.39 is 0 Å². The van der Waals surface area contributed by atoms with Crippen molar-refractivity contribution in [2.75, 3.05) is 11.9 Å². The fourth-order valence-corrected chi connectivity index (χ4v) is 4.41. The third-order valence-corrected chi connectivity index (χ3v) is 5.82. The first kappa shape index (κ1) is 16.8. The van der Waals surface area contributed by atoms with Gasteiger partial charge in [-0.15, -0.1) is 0 Å². The zero-order chi connectivity index (χ0) is 18.3. The van der Waals surface area contributed by atoms with E-state index in [1.807, 2.05) is 32.0 Å². The van der Waals surface area contributed by atoms with E-state index in [9.17, 15) is 9.59 Å². The van der Waals surface area contributed by atoms with E-state index in [1.165, 1.54) is 0 Å². The molecule has 1 spiro atoms. The van der Waals surface area contributed by atoms with Crippen LogP contribution in [-0.2, 0) is 10.2 Å². The molecule has 1 aliphatic carbocycles. The van der Waals surface area contributed by atoms with E-state index in [0.717, 1.165) is 53.6 Å². The lowest BCUT2D eigenvalue weighted by Crippen LogP contribution is -2.30. The Labute approximate surface area is 154 Å². The standard InChI is InChI=1S/C22H24N2O2/c1-3-23-20(25)16-7-6-14(2)17(12-16)15-8-9-18-19(13-15)24-21(26)22(18)10-4-5-11-22/h6-9,12-13H,3-5,10-11H2,1-2H3,(H,23,25)(H,24,26). The minimum absolute atomic E-state index is 0.0619. The van der Waals surface area contributed by atoms with Gasteiger partial charge < -0.3 is 10.6 Å². The fraction of sp³-hybridized carbons (Fsp3) is 0.364. The zero-order valence-corrected chi connectivity index (χ0v) is 15.3. The number of anilines is 1. The van der Waals surface area contributed by atoms with Crippen molar-refractivity contribution in [2.45, 2.75) is 44.9 Å². The highest BCUT2D eigenvalue weighted by molar-refractivity contribution is 6.07. The smallest absolute Gasteiger partial charge is 0.251 e. The van der Waals surface area contributed by atoms with Crippen LogP contribution in [0.25, 0.3) is 11.1 Å². The second-order valence-electron chi connectivity index (χ2n) is 7.39. The molecule has 0 radical (unpaired) electrons. The van der Waals surface area contributed by atoms with Crippen molar-refractivity contribution in [2.24, 2.45) is 0 Å². The molecule has 0 unspecified atom stereocenters. The summed E-state index contributed by atoms with van der Waals surface area (Å²) in [6, 6.07) is 12.0. The second-order valence-corrected chi connectivity index (χ2v) is 7.39. The Kier molecular flexibility index (Phi) is 4.06. The van der Waals surface area contributed by atoms with E-state index in [2.05, 4.69) is 28.8 Å². The summed E-state index contributed by atoms with van der Waals surface area (Å²) < 4.78 is 0. The summed E-state index contributed by atoms with van der Waals surface area (Å²) in [7, 11) is 0. The number of amides is 2. The van der Waals surface area contributed by atoms with Crippen molar-refractivity contribution in [3.05, 3.63) is 53.1 Å². The maximum atomic E-state index is 12.6. The first-order valence-electron chi connectivity index (χ1n) is 9.40. The van der Waals surface area contributed by atoms with Gasteiger partial charge in [-0.2, -0.15) is 0 Å². The molecule has 1 heterocycles. The summed E-state index contributed by atoms with van der Waals surface area (Å²) in [5.41, 5.74) is 5.58. The van der Waals surface area contributed by atoms with Crippen molar-refractivity contribution in [3.63, 3.8) is 0 Å². The third kappa shape index (κ3) is 2.52. The summed E-state index contributed by atoms with van der Waals surface area (Å²) in [5, 5.41) is 5.94. The molecular formula is C22H24N2O2. The number of benzene rings is 2. The van der Waals surface area contributed by atoms with Crippen LogP contribution in [-0.4, -0.2) is 18.4 Å². The lowest BCUT2D eigenvalue weighted by Gasteiger charge is -2.20. The zero-order valence-electron chi connectivity index (χ0n) is 15.3. The molecule has 0 bridgehead atoms. The number of hydrogen-bond donors (Lipinski definition) is 2.